The number of rotatable bonds is 5. The van der Waals surface area contributed by atoms with Crippen molar-refractivity contribution in [2.24, 2.45) is 15.3 Å². The van der Waals surface area contributed by atoms with Gasteiger partial charge in [-0.25, -0.2) is 4.98 Å². The molecule has 0 bridgehead atoms. The summed E-state index contributed by atoms with van der Waals surface area (Å²) in [4.78, 5) is 4.44. The van der Waals surface area contributed by atoms with Gasteiger partial charge in [0, 0.05) is 10.6 Å². The molecule has 4 rings (SSSR count). The van der Waals surface area contributed by atoms with Crippen LogP contribution in [0.1, 0.15) is 5.56 Å². The minimum Gasteiger partial charge on any atom is -0.507 e. The molecule has 0 saturated heterocycles. The van der Waals surface area contributed by atoms with Gasteiger partial charge >= 0.3 is 0 Å². The summed E-state index contributed by atoms with van der Waals surface area (Å²) >= 11 is 13.5. The number of nitrogens with one attached hydrogen (secondary N) is 1. The average molecular weight is 442 g/mol. The van der Waals surface area contributed by atoms with Gasteiger partial charge in [-0.3, -0.25) is 5.43 Å². The van der Waals surface area contributed by atoms with Gasteiger partial charge < -0.3 is 5.11 Å². The lowest BCUT2D eigenvalue weighted by molar-refractivity contribution is 0.474. The molecule has 4 aromatic rings. The molecule has 6 nitrogen and oxygen atoms in total. The molecule has 9 heteroatoms. The lowest BCUT2D eigenvalue weighted by Crippen LogP contribution is -1.90. The Morgan fingerprint density at radius 1 is 1.00 bits per heavy atom. The number of azo groups is 1. The first-order valence-corrected chi connectivity index (χ1v) is 10.0. The first-order chi connectivity index (χ1) is 14.1. The molecule has 3 aromatic carbocycles. The Bertz CT molecular complexity index is 1210. The molecule has 0 aliphatic carbocycles. The van der Waals surface area contributed by atoms with Crippen LogP contribution >= 0.6 is 34.5 Å². The Labute approximate surface area is 180 Å². The lowest BCUT2D eigenvalue weighted by atomic mass is 10.2. The number of fused-ring (bicyclic) bond motifs is 1. The van der Waals surface area contributed by atoms with E-state index in [1.54, 1.807) is 30.3 Å². The van der Waals surface area contributed by atoms with Crippen molar-refractivity contribution in [1.82, 2.24) is 4.98 Å². The predicted octanol–water partition coefficient (Wildman–Crippen LogP) is 7.17. The van der Waals surface area contributed by atoms with E-state index in [1.165, 1.54) is 23.6 Å². The minimum atomic E-state index is 0.0725. The summed E-state index contributed by atoms with van der Waals surface area (Å²) in [5, 5.41) is 24.1. The SMILES string of the molecule is Oc1ccc(N=Nc2ccc(Cl)cc2Cl)cc1/C=N/Nc1nc2ccccc2s1. The highest BCUT2D eigenvalue weighted by Crippen LogP contribution is 2.30. The van der Waals surface area contributed by atoms with Gasteiger partial charge in [0.25, 0.3) is 0 Å². The Morgan fingerprint density at radius 3 is 2.69 bits per heavy atom. The number of para-hydroxylation sites is 1. The Balaban J connectivity index is 1.50. The zero-order valence-electron chi connectivity index (χ0n) is 14.8. The number of anilines is 1. The summed E-state index contributed by atoms with van der Waals surface area (Å²) in [6.45, 7) is 0. The van der Waals surface area contributed by atoms with Gasteiger partial charge in [-0.2, -0.15) is 10.2 Å². The fourth-order valence-corrected chi connectivity index (χ4v) is 3.72. The Hall–Kier alpha value is -3.00. The highest BCUT2D eigenvalue weighted by Gasteiger charge is 2.04. The predicted molar refractivity (Wildman–Crippen MR) is 120 cm³/mol. The zero-order chi connectivity index (χ0) is 20.2. The van der Waals surface area contributed by atoms with Gasteiger partial charge in [0.1, 0.15) is 11.4 Å². The molecule has 0 amide bonds. The van der Waals surface area contributed by atoms with Crippen LogP contribution in [0.5, 0.6) is 5.75 Å². The highest BCUT2D eigenvalue weighted by atomic mass is 35.5. The first kappa shape index (κ1) is 19.3. The van der Waals surface area contributed by atoms with Crippen LogP contribution in [0.15, 0.2) is 76.0 Å². The van der Waals surface area contributed by atoms with Crippen LogP contribution in [0.4, 0.5) is 16.5 Å². The molecule has 29 heavy (non-hydrogen) atoms. The number of hydrogen-bond donors (Lipinski definition) is 2. The maximum atomic E-state index is 10.1. The van der Waals surface area contributed by atoms with E-state index in [1.807, 2.05) is 24.3 Å². The number of nitrogens with zero attached hydrogens (tertiary/aromatic N) is 4. The van der Waals surface area contributed by atoms with Crippen molar-refractivity contribution in [2.75, 3.05) is 5.43 Å². The molecule has 2 N–H and O–H groups in total. The van der Waals surface area contributed by atoms with Crippen LogP contribution in [-0.2, 0) is 0 Å². The molecule has 0 atom stereocenters. The van der Waals surface area contributed by atoms with Crippen molar-refractivity contribution in [3.8, 4) is 5.75 Å². The monoisotopic (exact) mass is 441 g/mol. The third kappa shape index (κ3) is 4.71. The number of phenols is 1. The summed E-state index contributed by atoms with van der Waals surface area (Å²) in [5.41, 5.74) is 5.30. The molecule has 0 fully saturated rings. The largest absolute Gasteiger partial charge is 0.507 e. The van der Waals surface area contributed by atoms with E-state index in [4.69, 9.17) is 23.2 Å². The molecular formula is C20H13Cl2N5OS. The zero-order valence-corrected chi connectivity index (χ0v) is 17.1. The maximum absolute atomic E-state index is 10.1. The second-order valence-corrected chi connectivity index (χ2v) is 7.77. The number of aromatic nitrogens is 1. The van der Waals surface area contributed by atoms with Crippen molar-refractivity contribution in [1.29, 1.82) is 0 Å². The summed E-state index contributed by atoms with van der Waals surface area (Å²) in [5.74, 6) is 0.0725. The smallest absolute Gasteiger partial charge is 0.204 e. The molecule has 0 spiro atoms. The second kappa shape index (κ2) is 8.57. The van der Waals surface area contributed by atoms with Crippen molar-refractivity contribution in [3.63, 3.8) is 0 Å². The number of aromatic hydroxyl groups is 1. The van der Waals surface area contributed by atoms with Crippen molar-refractivity contribution < 1.29 is 5.11 Å². The minimum absolute atomic E-state index is 0.0725. The molecule has 0 saturated carbocycles. The number of hydrazone groups is 1. The second-order valence-electron chi connectivity index (χ2n) is 5.90. The summed E-state index contributed by atoms with van der Waals surface area (Å²) in [7, 11) is 0. The molecule has 144 valence electrons. The van der Waals surface area contributed by atoms with E-state index in [9.17, 15) is 5.11 Å². The highest BCUT2D eigenvalue weighted by molar-refractivity contribution is 7.22. The maximum Gasteiger partial charge on any atom is 0.204 e. The fraction of sp³-hybridized carbons (Fsp3) is 0. The van der Waals surface area contributed by atoms with Gasteiger partial charge in [0.2, 0.25) is 5.13 Å². The van der Waals surface area contributed by atoms with E-state index < -0.39 is 0 Å². The third-order valence-electron chi connectivity index (χ3n) is 3.85. The standard InChI is InChI=1S/C20H13Cl2N5OS/c21-13-5-7-16(15(22)10-13)26-25-14-6-8-18(28)12(9-14)11-23-27-20-24-17-3-1-2-4-19(17)29-20/h1-11,28H,(H,24,27)/b23-11+,26-25?. The molecule has 0 aliphatic heterocycles. The Morgan fingerprint density at radius 2 is 1.86 bits per heavy atom. The van der Waals surface area contributed by atoms with Gasteiger partial charge in [-0.05, 0) is 48.5 Å². The average Bonchev–Trinajstić information content (AvgIpc) is 3.12. The topological polar surface area (TPSA) is 82.2 Å². The fourth-order valence-electron chi connectivity index (χ4n) is 2.46. The first-order valence-electron chi connectivity index (χ1n) is 8.43. The van der Waals surface area contributed by atoms with Crippen LogP contribution < -0.4 is 5.43 Å². The summed E-state index contributed by atoms with van der Waals surface area (Å²) < 4.78 is 1.07. The van der Waals surface area contributed by atoms with E-state index >= 15 is 0 Å². The quantitative estimate of drug-likeness (QED) is 0.195. The molecular weight excluding hydrogens is 429 g/mol. The molecule has 0 unspecified atom stereocenters. The van der Waals surface area contributed by atoms with Gasteiger partial charge in [0.15, 0.2) is 0 Å². The number of thiazole rings is 1. The number of hydrogen-bond acceptors (Lipinski definition) is 7. The van der Waals surface area contributed by atoms with E-state index in [-0.39, 0.29) is 5.75 Å². The van der Waals surface area contributed by atoms with Crippen LogP contribution in [0.25, 0.3) is 10.2 Å². The number of phenolic OH excluding ortho intramolecular Hbond substituents is 1. The van der Waals surface area contributed by atoms with E-state index in [2.05, 4.69) is 25.7 Å². The van der Waals surface area contributed by atoms with E-state index in [0.717, 1.165) is 10.2 Å². The lowest BCUT2D eigenvalue weighted by Gasteiger charge is -2.01. The van der Waals surface area contributed by atoms with Crippen molar-refractivity contribution in [2.45, 2.75) is 0 Å². The summed E-state index contributed by atoms with van der Waals surface area (Å²) in [6.07, 6.45) is 1.50. The number of benzene rings is 3. The molecule has 1 aromatic heterocycles. The third-order valence-corrected chi connectivity index (χ3v) is 5.33. The van der Waals surface area contributed by atoms with Crippen molar-refractivity contribution in [3.05, 3.63) is 76.3 Å². The van der Waals surface area contributed by atoms with Gasteiger partial charge in [0.05, 0.1) is 27.1 Å². The van der Waals surface area contributed by atoms with Crippen LogP contribution in [-0.4, -0.2) is 16.3 Å². The van der Waals surface area contributed by atoms with Crippen molar-refractivity contribution >= 4 is 67.5 Å². The van der Waals surface area contributed by atoms with Crippen LogP contribution in [0.3, 0.4) is 0 Å². The number of halogens is 2. The normalized spacial score (nSPS) is 11.7. The van der Waals surface area contributed by atoms with Gasteiger partial charge in [-0.1, -0.05) is 46.7 Å². The molecule has 0 radical (unpaired) electrons. The van der Waals surface area contributed by atoms with Gasteiger partial charge in [-0.15, -0.1) is 5.11 Å². The Kier molecular flexibility index (Phi) is 5.71. The molecule has 1 heterocycles. The summed E-state index contributed by atoms with van der Waals surface area (Å²) in [6, 6.07) is 17.6. The van der Waals surface area contributed by atoms with E-state index in [0.29, 0.717) is 32.1 Å². The molecule has 0 aliphatic rings. The van der Waals surface area contributed by atoms with Crippen LogP contribution in [0, 0.1) is 0 Å². The van der Waals surface area contributed by atoms with Crippen LogP contribution in [0.2, 0.25) is 10.0 Å².